The van der Waals surface area contributed by atoms with Crippen LogP contribution in [0, 0.1) is 0 Å². The molecule has 0 radical (unpaired) electrons. The lowest BCUT2D eigenvalue weighted by molar-refractivity contribution is 0.160. The monoisotopic (exact) mass is 248 g/mol. The van der Waals surface area contributed by atoms with Gasteiger partial charge in [0, 0.05) is 13.7 Å². The van der Waals surface area contributed by atoms with E-state index in [1.807, 2.05) is 11.8 Å². The summed E-state index contributed by atoms with van der Waals surface area (Å²) in [5, 5.41) is 3.48. The second-order valence-electron chi connectivity index (χ2n) is 3.95. The molecule has 16 heavy (non-hydrogen) atoms. The summed E-state index contributed by atoms with van der Waals surface area (Å²) in [4.78, 5) is 2.32. The first-order chi connectivity index (χ1) is 7.81. The highest BCUT2D eigenvalue weighted by Gasteiger charge is 1.96. The summed E-state index contributed by atoms with van der Waals surface area (Å²) in [5.41, 5.74) is 0. The van der Waals surface area contributed by atoms with Crippen LogP contribution in [0.25, 0.3) is 0 Å². The van der Waals surface area contributed by atoms with E-state index in [-0.39, 0.29) is 0 Å². The molecule has 0 aromatic carbocycles. The molecule has 0 aliphatic heterocycles. The van der Waals surface area contributed by atoms with E-state index < -0.39 is 0 Å². The van der Waals surface area contributed by atoms with Gasteiger partial charge in [-0.2, -0.15) is 11.8 Å². The maximum absolute atomic E-state index is 5.04. The van der Waals surface area contributed by atoms with Crippen molar-refractivity contribution in [3.63, 3.8) is 0 Å². The van der Waals surface area contributed by atoms with Crippen LogP contribution in [0.15, 0.2) is 0 Å². The highest BCUT2D eigenvalue weighted by atomic mass is 32.2. The van der Waals surface area contributed by atoms with Crippen molar-refractivity contribution < 1.29 is 4.74 Å². The van der Waals surface area contributed by atoms with E-state index in [2.05, 4.69) is 24.2 Å². The summed E-state index contributed by atoms with van der Waals surface area (Å²) in [6, 6.07) is 0. The lowest BCUT2D eigenvalue weighted by atomic mass is 10.3. The lowest BCUT2D eigenvalue weighted by Gasteiger charge is -2.15. The van der Waals surface area contributed by atoms with Gasteiger partial charge in [0.15, 0.2) is 0 Å². The van der Waals surface area contributed by atoms with Crippen molar-refractivity contribution in [2.75, 3.05) is 58.4 Å². The summed E-state index contributed by atoms with van der Waals surface area (Å²) >= 11 is 2.02. The molecule has 3 nitrogen and oxygen atoms in total. The standard InChI is InChI=1S/C12H28N2OS/c1-4-16-12-6-8-13-7-5-9-14(2)10-11-15-3/h13H,4-12H2,1-3H3. The van der Waals surface area contributed by atoms with Gasteiger partial charge in [-0.1, -0.05) is 6.92 Å². The Hall–Kier alpha value is 0.230. The number of nitrogens with one attached hydrogen (secondary N) is 1. The molecule has 98 valence electrons. The number of thioether (sulfide) groups is 1. The van der Waals surface area contributed by atoms with Crippen LogP contribution in [0.3, 0.4) is 0 Å². The molecule has 0 amide bonds. The molecular weight excluding hydrogens is 220 g/mol. The molecule has 1 N–H and O–H groups in total. The van der Waals surface area contributed by atoms with Crippen molar-refractivity contribution in [1.29, 1.82) is 0 Å². The van der Waals surface area contributed by atoms with Crippen molar-refractivity contribution >= 4 is 11.8 Å². The zero-order valence-electron chi connectivity index (χ0n) is 11.1. The third kappa shape index (κ3) is 12.3. The largest absolute Gasteiger partial charge is 0.383 e. The fraction of sp³-hybridized carbons (Fsp3) is 1.00. The minimum Gasteiger partial charge on any atom is -0.383 e. The van der Waals surface area contributed by atoms with Gasteiger partial charge in [0.1, 0.15) is 0 Å². The van der Waals surface area contributed by atoms with Gasteiger partial charge in [-0.3, -0.25) is 0 Å². The van der Waals surface area contributed by atoms with E-state index >= 15 is 0 Å². The highest BCUT2D eigenvalue weighted by molar-refractivity contribution is 7.99. The molecule has 0 bridgehead atoms. The van der Waals surface area contributed by atoms with Crippen LogP contribution in [-0.4, -0.2) is 63.3 Å². The smallest absolute Gasteiger partial charge is 0.0589 e. The highest BCUT2D eigenvalue weighted by Crippen LogP contribution is 1.99. The Labute approximate surface area is 105 Å². The normalized spacial score (nSPS) is 11.2. The maximum atomic E-state index is 5.04. The van der Waals surface area contributed by atoms with Gasteiger partial charge >= 0.3 is 0 Å². The zero-order valence-corrected chi connectivity index (χ0v) is 11.9. The minimum atomic E-state index is 0.832. The van der Waals surface area contributed by atoms with E-state index in [0.717, 1.165) is 32.8 Å². The number of hydrogen-bond acceptors (Lipinski definition) is 4. The van der Waals surface area contributed by atoms with Crippen molar-refractivity contribution in [2.24, 2.45) is 0 Å². The van der Waals surface area contributed by atoms with Gasteiger partial charge in [0.2, 0.25) is 0 Å². The van der Waals surface area contributed by atoms with Crippen LogP contribution >= 0.6 is 11.8 Å². The van der Waals surface area contributed by atoms with E-state index in [4.69, 9.17) is 4.74 Å². The number of hydrogen-bond donors (Lipinski definition) is 1. The van der Waals surface area contributed by atoms with Crippen LogP contribution in [0.1, 0.15) is 19.8 Å². The van der Waals surface area contributed by atoms with Crippen LogP contribution < -0.4 is 5.32 Å². The Morgan fingerprint density at radius 3 is 2.62 bits per heavy atom. The Kier molecular flexibility index (Phi) is 13.5. The molecule has 0 aliphatic carbocycles. The fourth-order valence-electron chi connectivity index (χ4n) is 1.40. The SMILES string of the molecule is CCSCCCNCCCN(C)CCOC. The first kappa shape index (κ1) is 16.2. The van der Waals surface area contributed by atoms with Crippen LogP contribution in [0.4, 0.5) is 0 Å². The molecule has 0 fully saturated rings. The van der Waals surface area contributed by atoms with Crippen molar-refractivity contribution in [3.8, 4) is 0 Å². The molecule has 0 aromatic heterocycles. The third-order valence-corrected chi connectivity index (χ3v) is 3.40. The first-order valence-corrected chi connectivity index (χ1v) is 7.42. The molecule has 0 atom stereocenters. The van der Waals surface area contributed by atoms with Gasteiger partial charge in [0.05, 0.1) is 6.61 Å². The average molecular weight is 248 g/mol. The molecule has 0 saturated heterocycles. The van der Waals surface area contributed by atoms with Crippen LogP contribution in [0.2, 0.25) is 0 Å². The first-order valence-electron chi connectivity index (χ1n) is 6.27. The minimum absolute atomic E-state index is 0.832. The number of rotatable bonds is 12. The number of likely N-dealkylation sites (N-methyl/N-ethyl adjacent to an activating group) is 1. The quantitative estimate of drug-likeness (QED) is 0.531. The molecule has 0 rings (SSSR count). The summed E-state index contributed by atoms with van der Waals surface area (Å²) in [5.74, 6) is 2.53. The van der Waals surface area contributed by atoms with Crippen molar-refractivity contribution in [3.05, 3.63) is 0 Å². The van der Waals surface area contributed by atoms with E-state index in [1.54, 1.807) is 7.11 Å². The van der Waals surface area contributed by atoms with Crippen molar-refractivity contribution in [2.45, 2.75) is 19.8 Å². The molecule has 4 heteroatoms. The number of ether oxygens (including phenoxy) is 1. The Morgan fingerprint density at radius 2 is 1.94 bits per heavy atom. The topological polar surface area (TPSA) is 24.5 Å². The predicted octanol–water partition coefficient (Wildman–Crippen LogP) is 1.69. The molecular formula is C12H28N2OS. The second kappa shape index (κ2) is 13.3. The third-order valence-electron chi connectivity index (χ3n) is 2.42. The molecule has 0 saturated carbocycles. The number of methoxy groups -OCH3 is 1. The van der Waals surface area contributed by atoms with E-state index in [1.165, 1.54) is 24.3 Å². The van der Waals surface area contributed by atoms with Gasteiger partial charge in [-0.05, 0) is 51.0 Å². The second-order valence-corrected chi connectivity index (χ2v) is 5.34. The van der Waals surface area contributed by atoms with E-state index in [9.17, 15) is 0 Å². The average Bonchev–Trinajstić information content (AvgIpc) is 2.30. The molecule has 0 aromatic rings. The number of nitrogens with zero attached hydrogens (tertiary/aromatic N) is 1. The van der Waals surface area contributed by atoms with Crippen LogP contribution in [0.5, 0.6) is 0 Å². The predicted molar refractivity (Wildman–Crippen MR) is 74.5 cm³/mol. The van der Waals surface area contributed by atoms with Crippen LogP contribution in [-0.2, 0) is 4.74 Å². The van der Waals surface area contributed by atoms with Gasteiger partial charge in [0.25, 0.3) is 0 Å². The van der Waals surface area contributed by atoms with E-state index in [0.29, 0.717) is 0 Å². The van der Waals surface area contributed by atoms with Crippen molar-refractivity contribution in [1.82, 2.24) is 10.2 Å². The molecule has 0 aliphatic rings. The summed E-state index contributed by atoms with van der Waals surface area (Å²) in [7, 11) is 3.90. The Bertz CT molecular complexity index is 136. The summed E-state index contributed by atoms with van der Waals surface area (Å²) in [6.45, 7) is 7.53. The van der Waals surface area contributed by atoms with Gasteiger partial charge in [-0.25, -0.2) is 0 Å². The maximum Gasteiger partial charge on any atom is 0.0589 e. The zero-order chi connectivity index (χ0) is 12.1. The lowest BCUT2D eigenvalue weighted by Crippen LogP contribution is -2.27. The Morgan fingerprint density at radius 1 is 1.19 bits per heavy atom. The Balaban J connectivity index is 3.02. The summed E-state index contributed by atoms with van der Waals surface area (Å²) in [6.07, 6.45) is 2.51. The summed E-state index contributed by atoms with van der Waals surface area (Å²) < 4.78 is 5.04. The van der Waals surface area contributed by atoms with Gasteiger partial charge < -0.3 is 15.0 Å². The molecule has 0 unspecified atom stereocenters. The molecule has 0 spiro atoms. The molecule has 0 heterocycles. The van der Waals surface area contributed by atoms with Gasteiger partial charge in [-0.15, -0.1) is 0 Å². The fourth-order valence-corrected chi connectivity index (χ4v) is 2.04.